The minimum absolute atomic E-state index is 0.0692. The Kier molecular flexibility index (Phi) is 5.02. The molecule has 27 heavy (non-hydrogen) atoms. The molecule has 4 rings (SSSR count). The second-order valence-corrected chi connectivity index (χ2v) is 8.18. The Balaban J connectivity index is 1.44. The van der Waals surface area contributed by atoms with Crippen molar-refractivity contribution < 1.29 is 19.1 Å². The van der Waals surface area contributed by atoms with E-state index in [1.807, 2.05) is 0 Å². The van der Waals surface area contributed by atoms with Crippen LogP contribution in [0, 0.1) is 23.7 Å². The Labute approximate surface area is 160 Å². The van der Waals surface area contributed by atoms with Crippen LogP contribution in [0.1, 0.15) is 58.3 Å². The van der Waals surface area contributed by atoms with Crippen LogP contribution in [0.2, 0.25) is 0 Å². The molecule has 2 aliphatic carbocycles. The molecule has 3 fully saturated rings. The third-order valence-electron chi connectivity index (χ3n) is 6.47. The second-order valence-electron chi connectivity index (χ2n) is 8.18. The fourth-order valence-corrected chi connectivity index (χ4v) is 5.23. The lowest BCUT2D eigenvalue weighted by atomic mass is 9.81. The molecule has 5 heteroatoms. The van der Waals surface area contributed by atoms with Crippen LogP contribution in [0.15, 0.2) is 24.3 Å². The van der Waals surface area contributed by atoms with Crippen molar-refractivity contribution in [2.75, 3.05) is 4.90 Å². The van der Waals surface area contributed by atoms with Crippen LogP contribution < -0.4 is 9.64 Å². The molecule has 0 spiro atoms. The van der Waals surface area contributed by atoms with Crippen molar-refractivity contribution in [3.63, 3.8) is 0 Å². The summed E-state index contributed by atoms with van der Waals surface area (Å²) in [6.07, 6.45) is 7.62. The summed E-state index contributed by atoms with van der Waals surface area (Å²) in [6.45, 7) is 2.13. The molecule has 0 N–H and O–H groups in total. The highest BCUT2D eigenvalue weighted by atomic mass is 16.5. The number of carbonyl (C=O) groups is 3. The van der Waals surface area contributed by atoms with Crippen LogP contribution in [-0.2, 0) is 14.4 Å². The zero-order valence-electron chi connectivity index (χ0n) is 15.9. The van der Waals surface area contributed by atoms with Crippen LogP contribution in [0.3, 0.4) is 0 Å². The average Bonchev–Trinajstić information content (AvgIpc) is 3.33. The predicted octanol–water partition coefficient (Wildman–Crippen LogP) is 4.10. The molecule has 2 bridgehead atoms. The van der Waals surface area contributed by atoms with E-state index >= 15 is 0 Å². The average molecular weight is 369 g/mol. The summed E-state index contributed by atoms with van der Waals surface area (Å²) in [4.78, 5) is 39.2. The fraction of sp³-hybridized carbons (Fsp3) is 0.591. The minimum Gasteiger partial charge on any atom is -0.426 e. The topological polar surface area (TPSA) is 63.7 Å². The number of anilines is 1. The van der Waals surface area contributed by atoms with Gasteiger partial charge in [0, 0.05) is 12.5 Å². The third kappa shape index (κ3) is 3.28. The van der Waals surface area contributed by atoms with Crippen molar-refractivity contribution >= 4 is 23.5 Å². The zero-order chi connectivity index (χ0) is 19.0. The third-order valence-corrected chi connectivity index (χ3v) is 6.47. The molecule has 0 unspecified atom stereocenters. The molecule has 1 aromatic carbocycles. The van der Waals surface area contributed by atoms with Crippen LogP contribution >= 0.6 is 0 Å². The highest BCUT2D eigenvalue weighted by Gasteiger charge is 2.61. The van der Waals surface area contributed by atoms with Gasteiger partial charge in [0.25, 0.3) is 0 Å². The van der Waals surface area contributed by atoms with E-state index in [2.05, 4.69) is 6.92 Å². The molecule has 4 atom stereocenters. The molecule has 1 heterocycles. The van der Waals surface area contributed by atoms with E-state index in [1.165, 1.54) is 4.90 Å². The van der Waals surface area contributed by atoms with Crippen LogP contribution in [-0.4, -0.2) is 17.8 Å². The van der Waals surface area contributed by atoms with Gasteiger partial charge in [0.05, 0.1) is 17.5 Å². The standard InChI is InChI=1S/C22H27NO4/c1-2-3-4-5-9-18(24)27-17-8-6-7-16(13-17)23-21(25)19-14-10-11-15(12-14)20(19)22(23)26/h6-8,13-15,19-20H,2-5,9-12H2,1H3/t14-,15-,19+,20+/m0/s1. The first-order chi connectivity index (χ1) is 13.1. The lowest BCUT2D eigenvalue weighted by molar-refractivity contribution is -0.134. The smallest absolute Gasteiger partial charge is 0.311 e. The summed E-state index contributed by atoms with van der Waals surface area (Å²) in [5.41, 5.74) is 0.523. The summed E-state index contributed by atoms with van der Waals surface area (Å²) < 4.78 is 5.43. The van der Waals surface area contributed by atoms with E-state index in [4.69, 9.17) is 4.74 Å². The first-order valence-corrected chi connectivity index (χ1v) is 10.3. The normalized spacial score (nSPS) is 28.7. The van der Waals surface area contributed by atoms with Gasteiger partial charge in [0.1, 0.15) is 5.75 Å². The maximum atomic E-state index is 12.9. The van der Waals surface area contributed by atoms with Gasteiger partial charge in [-0.15, -0.1) is 0 Å². The van der Waals surface area contributed by atoms with Gasteiger partial charge in [-0.05, 0) is 49.7 Å². The van der Waals surface area contributed by atoms with Crippen molar-refractivity contribution in [3.05, 3.63) is 24.3 Å². The van der Waals surface area contributed by atoms with E-state index < -0.39 is 0 Å². The Hall–Kier alpha value is -2.17. The monoisotopic (exact) mass is 369 g/mol. The maximum absolute atomic E-state index is 12.9. The summed E-state index contributed by atoms with van der Waals surface area (Å²) >= 11 is 0. The number of amides is 2. The number of unbranched alkanes of at least 4 members (excludes halogenated alkanes) is 3. The van der Waals surface area contributed by atoms with Gasteiger partial charge >= 0.3 is 5.97 Å². The van der Waals surface area contributed by atoms with E-state index in [0.717, 1.165) is 44.9 Å². The number of hydrogen-bond donors (Lipinski definition) is 0. The summed E-state index contributed by atoms with van der Waals surface area (Å²) in [7, 11) is 0. The number of imide groups is 1. The molecule has 144 valence electrons. The summed E-state index contributed by atoms with van der Waals surface area (Å²) in [5.74, 6) is 0.449. The van der Waals surface area contributed by atoms with Gasteiger partial charge in [-0.1, -0.05) is 32.3 Å². The first-order valence-electron chi connectivity index (χ1n) is 10.3. The quantitative estimate of drug-likeness (QED) is 0.314. The molecular formula is C22H27NO4. The largest absolute Gasteiger partial charge is 0.426 e. The van der Waals surface area contributed by atoms with Crippen molar-refractivity contribution in [1.29, 1.82) is 0 Å². The Morgan fingerprint density at radius 1 is 1.07 bits per heavy atom. The van der Waals surface area contributed by atoms with Gasteiger partial charge in [-0.2, -0.15) is 0 Å². The number of fused-ring (bicyclic) bond motifs is 5. The van der Waals surface area contributed by atoms with Gasteiger partial charge in [-0.25, -0.2) is 4.90 Å². The van der Waals surface area contributed by atoms with Crippen molar-refractivity contribution in [1.82, 2.24) is 0 Å². The van der Waals surface area contributed by atoms with E-state index in [0.29, 0.717) is 29.7 Å². The molecule has 2 saturated carbocycles. The van der Waals surface area contributed by atoms with Crippen LogP contribution in [0.25, 0.3) is 0 Å². The lowest BCUT2D eigenvalue weighted by Gasteiger charge is -2.19. The van der Waals surface area contributed by atoms with Crippen LogP contribution in [0.4, 0.5) is 5.69 Å². The molecular weight excluding hydrogens is 342 g/mol. The van der Waals surface area contributed by atoms with Gasteiger partial charge in [0.2, 0.25) is 11.8 Å². The Morgan fingerprint density at radius 3 is 2.44 bits per heavy atom. The first kappa shape index (κ1) is 18.2. The minimum atomic E-state index is -0.266. The van der Waals surface area contributed by atoms with E-state index in [9.17, 15) is 14.4 Å². The van der Waals surface area contributed by atoms with Crippen molar-refractivity contribution in [2.24, 2.45) is 23.7 Å². The highest BCUT2D eigenvalue weighted by molar-refractivity contribution is 6.22. The molecule has 5 nitrogen and oxygen atoms in total. The Morgan fingerprint density at radius 2 is 1.78 bits per heavy atom. The van der Waals surface area contributed by atoms with E-state index in [1.54, 1.807) is 24.3 Å². The maximum Gasteiger partial charge on any atom is 0.311 e. The van der Waals surface area contributed by atoms with E-state index in [-0.39, 0.29) is 29.6 Å². The number of ether oxygens (including phenoxy) is 1. The lowest BCUT2D eigenvalue weighted by Crippen LogP contribution is -2.32. The molecule has 0 aromatic heterocycles. The number of esters is 1. The molecule has 2 amide bonds. The second kappa shape index (κ2) is 7.45. The van der Waals surface area contributed by atoms with Gasteiger partial charge in [-0.3, -0.25) is 14.4 Å². The molecule has 1 saturated heterocycles. The summed E-state index contributed by atoms with van der Waals surface area (Å²) in [6, 6.07) is 6.82. The van der Waals surface area contributed by atoms with Crippen molar-refractivity contribution in [2.45, 2.75) is 58.3 Å². The highest BCUT2D eigenvalue weighted by Crippen LogP contribution is 2.56. The number of nitrogens with zero attached hydrogens (tertiary/aromatic N) is 1. The van der Waals surface area contributed by atoms with Crippen molar-refractivity contribution in [3.8, 4) is 5.75 Å². The molecule has 1 aromatic rings. The zero-order valence-corrected chi connectivity index (χ0v) is 15.9. The number of rotatable bonds is 7. The van der Waals surface area contributed by atoms with Gasteiger partial charge < -0.3 is 4.74 Å². The number of benzene rings is 1. The molecule has 3 aliphatic rings. The number of carbonyl (C=O) groups excluding carboxylic acids is 3. The van der Waals surface area contributed by atoms with Gasteiger partial charge in [0.15, 0.2) is 0 Å². The fourth-order valence-electron chi connectivity index (χ4n) is 5.23. The SMILES string of the molecule is CCCCCCC(=O)Oc1cccc(N2C(=O)[C@@H]3[C@H]4CC[C@@H](C4)[C@H]3C2=O)c1. The Bertz CT molecular complexity index is 730. The molecule has 1 aliphatic heterocycles. The molecule has 0 radical (unpaired) electrons. The summed E-state index contributed by atoms with van der Waals surface area (Å²) in [5, 5.41) is 0. The predicted molar refractivity (Wildman–Crippen MR) is 101 cm³/mol. The number of hydrogen-bond acceptors (Lipinski definition) is 4. The van der Waals surface area contributed by atoms with Crippen LogP contribution in [0.5, 0.6) is 5.75 Å².